The molecule has 2 N–H and O–H groups in total. The van der Waals surface area contributed by atoms with Gasteiger partial charge in [0.1, 0.15) is 11.6 Å². The lowest BCUT2D eigenvalue weighted by Gasteiger charge is -2.29. The number of pyridine rings is 2. The number of hydrogen-bond donors (Lipinski definition) is 2. The van der Waals surface area contributed by atoms with Gasteiger partial charge < -0.3 is 20.4 Å². The van der Waals surface area contributed by atoms with E-state index in [9.17, 15) is 14.5 Å². The van der Waals surface area contributed by atoms with E-state index in [0.29, 0.717) is 17.2 Å². The molecule has 0 saturated carbocycles. The first-order valence-electron chi connectivity index (χ1n) is 9.84. The number of benzene rings is 1. The van der Waals surface area contributed by atoms with Crippen molar-refractivity contribution in [3.8, 4) is 0 Å². The minimum absolute atomic E-state index is 0.0348. The van der Waals surface area contributed by atoms with Gasteiger partial charge in [-0.3, -0.25) is 15.1 Å². The third-order valence-electron chi connectivity index (χ3n) is 5.10. The van der Waals surface area contributed by atoms with E-state index in [1.54, 1.807) is 48.6 Å². The van der Waals surface area contributed by atoms with Crippen LogP contribution in [0.5, 0.6) is 0 Å². The Hall–Kier alpha value is -3.79. The predicted octanol–water partition coefficient (Wildman–Crippen LogP) is 3.45. The normalized spacial score (nSPS) is 13.7. The molecule has 4 rings (SSSR count). The van der Waals surface area contributed by atoms with Crippen LogP contribution in [-0.4, -0.2) is 48.1 Å². The van der Waals surface area contributed by atoms with Gasteiger partial charge in [-0.05, 0) is 36.4 Å². The van der Waals surface area contributed by atoms with Gasteiger partial charge in [-0.1, -0.05) is 0 Å². The lowest BCUT2D eigenvalue weighted by molar-refractivity contribution is -0.384. The largest absolute Gasteiger partial charge is 0.367 e. The van der Waals surface area contributed by atoms with Crippen molar-refractivity contribution in [3.63, 3.8) is 0 Å². The summed E-state index contributed by atoms with van der Waals surface area (Å²) < 4.78 is 14.8. The molecular formula is C21H22FN7O2. The summed E-state index contributed by atoms with van der Waals surface area (Å²) in [7, 11) is 1.79. The number of nitrogens with one attached hydrogen (secondary N) is 2. The second kappa shape index (κ2) is 8.92. The molecule has 31 heavy (non-hydrogen) atoms. The maximum Gasteiger partial charge on any atom is 0.311 e. The zero-order valence-corrected chi connectivity index (χ0v) is 17.0. The van der Waals surface area contributed by atoms with Crippen molar-refractivity contribution < 1.29 is 9.31 Å². The molecule has 0 amide bonds. The van der Waals surface area contributed by atoms with Crippen LogP contribution in [0.2, 0.25) is 0 Å². The van der Waals surface area contributed by atoms with Crippen LogP contribution in [0, 0.1) is 15.9 Å². The SMILES string of the molecule is CN(c1cccnc1)c1ccc([N+](=O)[O-])c(Nc2ccc(N3CCNCC3)c(F)c2)n1. The van der Waals surface area contributed by atoms with E-state index in [2.05, 4.69) is 20.6 Å². The standard InChI is InChI=1S/C21H22FN7O2/c1-27(16-3-2-8-24-14-16)20-7-6-19(29(30)31)21(26-20)25-15-4-5-18(17(22)13-15)28-11-9-23-10-12-28/h2-8,13-14,23H,9-12H2,1H3,(H,25,26). The van der Waals surface area contributed by atoms with E-state index in [0.717, 1.165) is 31.9 Å². The molecule has 1 aromatic carbocycles. The molecular weight excluding hydrogens is 401 g/mol. The summed E-state index contributed by atoms with van der Waals surface area (Å²) in [5, 5.41) is 17.6. The molecule has 1 saturated heterocycles. The summed E-state index contributed by atoms with van der Waals surface area (Å²) in [6, 6.07) is 11.3. The monoisotopic (exact) mass is 423 g/mol. The summed E-state index contributed by atoms with van der Waals surface area (Å²) in [6.07, 6.45) is 3.33. The van der Waals surface area contributed by atoms with Gasteiger partial charge in [0.05, 0.1) is 22.5 Å². The minimum Gasteiger partial charge on any atom is -0.367 e. The highest BCUT2D eigenvalue weighted by Crippen LogP contribution is 2.32. The van der Waals surface area contributed by atoms with Gasteiger partial charge in [-0.2, -0.15) is 0 Å². The molecule has 0 spiro atoms. The number of anilines is 5. The quantitative estimate of drug-likeness (QED) is 0.459. The van der Waals surface area contributed by atoms with Crippen molar-refractivity contribution in [2.24, 2.45) is 0 Å². The Kier molecular flexibility index (Phi) is 5.89. The second-order valence-corrected chi connectivity index (χ2v) is 7.09. The van der Waals surface area contributed by atoms with Crippen LogP contribution in [-0.2, 0) is 0 Å². The Morgan fingerprint density at radius 1 is 1.23 bits per heavy atom. The van der Waals surface area contributed by atoms with Crippen LogP contribution < -0.4 is 20.4 Å². The van der Waals surface area contributed by atoms with Crippen LogP contribution >= 0.6 is 0 Å². The fourth-order valence-electron chi connectivity index (χ4n) is 3.44. The number of halogens is 1. The number of rotatable bonds is 6. The van der Waals surface area contributed by atoms with Crippen molar-refractivity contribution in [1.82, 2.24) is 15.3 Å². The predicted molar refractivity (Wildman–Crippen MR) is 118 cm³/mol. The van der Waals surface area contributed by atoms with Gasteiger partial charge in [-0.25, -0.2) is 9.37 Å². The summed E-state index contributed by atoms with van der Waals surface area (Å²) in [5.74, 6) is 0.129. The van der Waals surface area contributed by atoms with Crippen LogP contribution in [0.3, 0.4) is 0 Å². The van der Waals surface area contributed by atoms with Gasteiger partial charge in [0.2, 0.25) is 5.82 Å². The molecule has 0 radical (unpaired) electrons. The molecule has 0 atom stereocenters. The molecule has 1 aliphatic heterocycles. The third-order valence-corrected chi connectivity index (χ3v) is 5.10. The highest BCUT2D eigenvalue weighted by atomic mass is 19.1. The van der Waals surface area contributed by atoms with Gasteiger partial charge in [0.15, 0.2) is 0 Å². The third kappa shape index (κ3) is 4.53. The lowest BCUT2D eigenvalue weighted by Crippen LogP contribution is -2.43. The number of hydrogen-bond acceptors (Lipinski definition) is 8. The highest BCUT2D eigenvalue weighted by Gasteiger charge is 2.20. The van der Waals surface area contributed by atoms with Crippen molar-refractivity contribution in [2.75, 3.05) is 48.3 Å². The molecule has 3 heterocycles. The summed E-state index contributed by atoms with van der Waals surface area (Å²) >= 11 is 0. The molecule has 9 nitrogen and oxygen atoms in total. The van der Waals surface area contributed by atoms with E-state index >= 15 is 0 Å². The Morgan fingerprint density at radius 3 is 2.71 bits per heavy atom. The molecule has 3 aromatic rings. The van der Waals surface area contributed by atoms with Crippen LogP contribution in [0.1, 0.15) is 0 Å². The summed E-state index contributed by atoms with van der Waals surface area (Å²) in [5.41, 5.74) is 1.48. The van der Waals surface area contributed by atoms with Gasteiger partial charge >= 0.3 is 5.69 Å². The van der Waals surface area contributed by atoms with Crippen LogP contribution in [0.15, 0.2) is 54.9 Å². The molecule has 1 aliphatic rings. The molecule has 0 aliphatic carbocycles. The van der Waals surface area contributed by atoms with E-state index in [1.807, 2.05) is 11.0 Å². The maximum atomic E-state index is 14.8. The number of piperazine rings is 1. The van der Waals surface area contributed by atoms with E-state index in [4.69, 9.17) is 0 Å². The maximum absolute atomic E-state index is 14.8. The van der Waals surface area contributed by atoms with Gasteiger partial charge in [0, 0.05) is 51.2 Å². The Morgan fingerprint density at radius 2 is 2.03 bits per heavy atom. The molecule has 0 unspecified atom stereocenters. The first kappa shape index (κ1) is 20.5. The van der Waals surface area contributed by atoms with Crippen LogP contribution in [0.4, 0.5) is 38.8 Å². The number of nitro groups is 1. The molecule has 1 fully saturated rings. The first-order valence-corrected chi connectivity index (χ1v) is 9.84. The van der Waals surface area contributed by atoms with E-state index in [-0.39, 0.29) is 11.5 Å². The average molecular weight is 423 g/mol. The molecule has 2 aromatic heterocycles. The fourth-order valence-corrected chi connectivity index (χ4v) is 3.44. The highest BCUT2D eigenvalue weighted by molar-refractivity contribution is 5.71. The number of nitrogens with zero attached hydrogens (tertiary/aromatic N) is 5. The second-order valence-electron chi connectivity index (χ2n) is 7.09. The van der Waals surface area contributed by atoms with Gasteiger partial charge in [-0.15, -0.1) is 0 Å². The van der Waals surface area contributed by atoms with Crippen LogP contribution in [0.25, 0.3) is 0 Å². The zero-order chi connectivity index (χ0) is 21.8. The Bertz CT molecular complexity index is 1070. The molecule has 0 bridgehead atoms. The molecule has 160 valence electrons. The average Bonchev–Trinajstić information content (AvgIpc) is 2.79. The topological polar surface area (TPSA) is 99.5 Å². The summed E-state index contributed by atoms with van der Waals surface area (Å²) in [6.45, 7) is 3.04. The van der Waals surface area contributed by atoms with Crippen molar-refractivity contribution >= 4 is 34.4 Å². The minimum atomic E-state index is -0.519. The van der Waals surface area contributed by atoms with E-state index < -0.39 is 10.7 Å². The Labute approximate surface area is 178 Å². The summed E-state index contributed by atoms with van der Waals surface area (Å²) in [4.78, 5) is 23.2. The van der Waals surface area contributed by atoms with Gasteiger partial charge in [0.25, 0.3) is 0 Å². The Balaban J connectivity index is 1.62. The first-order chi connectivity index (χ1) is 15.0. The van der Waals surface area contributed by atoms with Crippen molar-refractivity contribution in [3.05, 3.63) is 70.8 Å². The number of aromatic nitrogens is 2. The fraction of sp³-hybridized carbons (Fsp3) is 0.238. The molecule has 10 heteroatoms. The van der Waals surface area contributed by atoms with Crippen molar-refractivity contribution in [1.29, 1.82) is 0 Å². The van der Waals surface area contributed by atoms with Crippen molar-refractivity contribution in [2.45, 2.75) is 0 Å². The smallest absolute Gasteiger partial charge is 0.311 e. The zero-order valence-electron chi connectivity index (χ0n) is 17.0. The lowest BCUT2D eigenvalue weighted by atomic mass is 10.2. The van der Waals surface area contributed by atoms with E-state index in [1.165, 1.54) is 12.1 Å².